The number of ether oxygens (including phenoxy) is 4. The number of benzene rings is 2. The minimum Gasteiger partial charge on any atom is -0.507 e. The number of hydrogen-bond acceptors (Lipinski definition) is 7. The van der Waals surface area contributed by atoms with Crippen LogP contribution in [0.4, 0.5) is 0 Å². The van der Waals surface area contributed by atoms with Gasteiger partial charge in [-0.15, -0.1) is 0 Å². The quantitative estimate of drug-likeness (QED) is 0.569. The molecule has 0 aliphatic carbocycles. The summed E-state index contributed by atoms with van der Waals surface area (Å²) in [6.07, 6.45) is 1.83. The molecule has 4 rings (SSSR count). The highest BCUT2D eigenvalue weighted by molar-refractivity contribution is 5.60. The lowest BCUT2D eigenvalue weighted by atomic mass is 9.86. The van der Waals surface area contributed by atoms with E-state index < -0.39 is 0 Å². The Morgan fingerprint density at radius 2 is 1.61 bits per heavy atom. The van der Waals surface area contributed by atoms with Crippen molar-refractivity contribution < 1.29 is 24.1 Å². The molecule has 0 amide bonds. The number of hydrogen-bond donors (Lipinski definition) is 1. The van der Waals surface area contributed by atoms with Gasteiger partial charge in [0.25, 0.3) is 0 Å². The van der Waals surface area contributed by atoms with Crippen LogP contribution in [0.3, 0.4) is 0 Å². The van der Waals surface area contributed by atoms with Gasteiger partial charge in [0, 0.05) is 56.3 Å². The summed E-state index contributed by atoms with van der Waals surface area (Å²) in [5.74, 6) is 3.43. The maximum Gasteiger partial charge on any atom is 0.203 e. The van der Waals surface area contributed by atoms with Gasteiger partial charge in [0.15, 0.2) is 11.5 Å². The largest absolute Gasteiger partial charge is 0.507 e. The van der Waals surface area contributed by atoms with Crippen molar-refractivity contribution in [1.29, 1.82) is 0 Å². The Hall–Kier alpha value is -2.64. The van der Waals surface area contributed by atoms with Gasteiger partial charge in [0.1, 0.15) is 17.1 Å². The third kappa shape index (κ3) is 4.48. The molecular formula is C29H42N2O5. The van der Waals surface area contributed by atoms with Crippen LogP contribution in [0.15, 0.2) is 12.1 Å². The maximum absolute atomic E-state index is 10.6. The van der Waals surface area contributed by atoms with Crippen molar-refractivity contribution in [3.63, 3.8) is 0 Å². The van der Waals surface area contributed by atoms with E-state index in [1.807, 2.05) is 19.9 Å². The van der Waals surface area contributed by atoms with Crippen molar-refractivity contribution in [2.75, 3.05) is 47.5 Å². The zero-order valence-corrected chi connectivity index (χ0v) is 23.2. The first-order valence-corrected chi connectivity index (χ1v) is 12.9. The summed E-state index contributed by atoms with van der Waals surface area (Å²) >= 11 is 0. The van der Waals surface area contributed by atoms with Crippen molar-refractivity contribution in [1.82, 2.24) is 9.80 Å². The zero-order valence-electron chi connectivity index (χ0n) is 23.2. The molecular weight excluding hydrogens is 456 g/mol. The Bertz CT molecular complexity index is 1070. The van der Waals surface area contributed by atoms with E-state index in [4.69, 9.17) is 18.9 Å². The molecule has 0 aromatic heterocycles. The van der Waals surface area contributed by atoms with Crippen LogP contribution < -0.4 is 18.9 Å². The predicted molar refractivity (Wildman–Crippen MR) is 142 cm³/mol. The average Bonchev–Trinajstić information content (AvgIpc) is 3.25. The first-order chi connectivity index (χ1) is 17.2. The van der Waals surface area contributed by atoms with Crippen LogP contribution in [-0.2, 0) is 13.0 Å². The molecule has 1 N–H and O–H groups in total. The third-order valence-electron chi connectivity index (χ3n) is 8.32. The summed E-state index contributed by atoms with van der Waals surface area (Å²) in [6, 6.07) is 4.30. The molecule has 2 aliphatic rings. The maximum atomic E-state index is 10.6. The van der Waals surface area contributed by atoms with Gasteiger partial charge in [-0.1, -0.05) is 13.0 Å². The normalized spacial score (nSPS) is 21.1. The van der Waals surface area contributed by atoms with Crippen molar-refractivity contribution in [2.24, 2.45) is 0 Å². The predicted octanol–water partition coefficient (Wildman–Crippen LogP) is 4.63. The molecule has 2 unspecified atom stereocenters. The van der Waals surface area contributed by atoms with E-state index in [2.05, 4.69) is 36.6 Å². The van der Waals surface area contributed by atoms with Crippen molar-refractivity contribution in [3.05, 3.63) is 39.9 Å². The van der Waals surface area contributed by atoms with Gasteiger partial charge in [-0.2, -0.15) is 0 Å². The molecule has 0 saturated carbocycles. The standard InChI is InChI=1S/C29H42N2O5/c1-9-24(29(5)16-22-20(4)25(32)18(2)19(3)26(22)36-29)31-14-12-30(13-15-31)17-21-10-11-23(33-6)28(35-8)27(21)34-7/h10-11,24,32H,9,12-17H2,1-8H3. The Morgan fingerprint density at radius 3 is 2.19 bits per heavy atom. The molecule has 2 atom stereocenters. The number of phenols is 1. The van der Waals surface area contributed by atoms with E-state index in [0.29, 0.717) is 23.3 Å². The molecule has 36 heavy (non-hydrogen) atoms. The molecule has 2 aliphatic heterocycles. The highest BCUT2D eigenvalue weighted by Gasteiger charge is 2.46. The highest BCUT2D eigenvalue weighted by atomic mass is 16.5. The second kappa shape index (κ2) is 10.4. The van der Waals surface area contributed by atoms with Crippen molar-refractivity contribution >= 4 is 0 Å². The minimum atomic E-state index is -0.318. The van der Waals surface area contributed by atoms with E-state index in [1.54, 1.807) is 21.3 Å². The van der Waals surface area contributed by atoms with Gasteiger partial charge in [0.2, 0.25) is 5.75 Å². The van der Waals surface area contributed by atoms with Crippen LogP contribution in [0, 0.1) is 20.8 Å². The van der Waals surface area contributed by atoms with Gasteiger partial charge in [-0.05, 0) is 56.9 Å². The Labute approximate surface area is 215 Å². The molecule has 198 valence electrons. The Balaban J connectivity index is 1.46. The molecule has 2 aromatic rings. The molecule has 0 spiro atoms. The highest BCUT2D eigenvalue weighted by Crippen LogP contribution is 2.47. The number of methoxy groups -OCH3 is 3. The summed E-state index contributed by atoms with van der Waals surface area (Å²) in [4.78, 5) is 5.06. The van der Waals surface area contributed by atoms with Crippen LogP contribution >= 0.6 is 0 Å². The lowest BCUT2D eigenvalue weighted by molar-refractivity contribution is -0.0207. The number of nitrogens with zero attached hydrogens (tertiary/aromatic N) is 2. The smallest absolute Gasteiger partial charge is 0.203 e. The van der Waals surface area contributed by atoms with Crippen molar-refractivity contribution in [3.8, 4) is 28.7 Å². The SMILES string of the molecule is CCC(N1CCN(Cc2ccc(OC)c(OC)c2OC)CC1)C1(C)Cc2c(C)c(O)c(C)c(C)c2O1. The van der Waals surface area contributed by atoms with E-state index in [9.17, 15) is 5.11 Å². The molecule has 0 bridgehead atoms. The molecule has 2 aromatic carbocycles. The molecule has 1 fully saturated rings. The first-order valence-electron chi connectivity index (χ1n) is 12.9. The van der Waals surface area contributed by atoms with E-state index in [0.717, 1.165) is 84.9 Å². The second-order valence-electron chi connectivity index (χ2n) is 10.4. The fraction of sp³-hybridized carbons (Fsp3) is 0.586. The summed E-state index contributed by atoms with van der Waals surface area (Å²) in [6.45, 7) is 15.2. The van der Waals surface area contributed by atoms with E-state index >= 15 is 0 Å². The second-order valence-corrected chi connectivity index (χ2v) is 10.4. The number of phenolic OH excluding ortho intramolecular Hbond substituents is 1. The molecule has 1 saturated heterocycles. The minimum absolute atomic E-state index is 0.295. The summed E-state index contributed by atoms with van der Waals surface area (Å²) in [7, 11) is 4.96. The summed E-state index contributed by atoms with van der Waals surface area (Å²) < 4.78 is 23.4. The molecule has 7 heteroatoms. The number of fused-ring (bicyclic) bond motifs is 1. The number of rotatable bonds is 8. The topological polar surface area (TPSA) is 63.6 Å². The summed E-state index contributed by atoms with van der Waals surface area (Å²) in [5, 5.41) is 10.6. The fourth-order valence-corrected chi connectivity index (χ4v) is 6.16. The molecule has 0 radical (unpaired) electrons. The number of aromatic hydroxyl groups is 1. The fourth-order valence-electron chi connectivity index (χ4n) is 6.16. The van der Waals surface area contributed by atoms with Crippen LogP contribution in [0.1, 0.15) is 48.1 Å². The van der Waals surface area contributed by atoms with Gasteiger partial charge < -0.3 is 24.1 Å². The first kappa shape index (κ1) is 26.4. The van der Waals surface area contributed by atoms with Crippen LogP contribution in [-0.4, -0.2) is 74.1 Å². The van der Waals surface area contributed by atoms with Gasteiger partial charge >= 0.3 is 0 Å². The summed E-state index contributed by atoms with van der Waals surface area (Å²) in [5.41, 5.74) is 4.87. The van der Waals surface area contributed by atoms with E-state index in [-0.39, 0.29) is 5.60 Å². The molecule has 2 heterocycles. The zero-order chi connectivity index (χ0) is 26.2. The van der Waals surface area contributed by atoms with Crippen LogP contribution in [0.2, 0.25) is 0 Å². The molecule has 7 nitrogen and oxygen atoms in total. The van der Waals surface area contributed by atoms with Gasteiger partial charge in [-0.3, -0.25) is 9.80 Å². The monoisotopic (exact) mass is 498 g/mol. The Morgan fingerprint density at radius 1 is 0.944 bits per heavy atom. The van der Waals surface area contributed by atoms with Crippen LogP contribution in [0.25, 0.3) is 0 Å². The van der Waals surface area contributed by atoms with Gasteiger partial charge in [-0.25, -0.2) is 0 Å². The van der Waals surface area contributed by atoms with E-state index in [1.165, 1.54) is 0 Å². The third-order valence-corrected chi connectivity index (χ3v) is 8.32. The van der Waals surface area contributed by atoms with Gasteiger partial charge in [0.05, 0.1) is 21.3 Å². The Kier molecular flexibility index (Phi) is 7.62. The van der Waals surface area contributed by atoms with Crippen LogP contribution in [0.5, 0.6) is 28.7 Å². The van der Waals surface area contributed by atoms with Crippen molar-refractivity contribution in [2.45, 2.75) is 65.6 Å². The lowest BCUT2D eigenvalue weighted by Gasteiger charge is -2.45. The number of piperazine rings is 1. The average molecular weight is 499 g/mol. The lowest BCUT2D eigenvalue weighted by Crippen LogP contribution is -2.58.